The third-order valence-corrected chi connectivity index (χ3v) is 7.93. The van der Waals surface area contributed by atoms with Crippen molar-refractivity contribution in [1.29, 1.82) is 0 Å². The second-order valence-corrected chi connectivity index (χ2v) is 13.1. The SMILES string of the molecule is CC(=O)NC(C)Cc1cnc[nH]1.CC(=O)NC(C)c1ccc(O)cc1.CC(=O)NC(C)c1ccc(O)cc1.CC(=O)NC(Cc1c[nH]c2ccccc12)C(=O)O. The number of aliphatic carboxylic acids is 1. The van der Waals surface area contributed by atoms with Crippen LogP contribution in [-0.2, 0) is 36.8 Å². The molecule has 0 aliphatic carbocycles. The first-order valence-corrected chi connectivity index (χ1v) is 17.9. The van der Waals surface area contributed by atoms with E-state index >= 15 is 0 Å². The van der Waals surface area contributed by atoms with Crippen LogP contribution < -0.4 is 21.3 Å². The lowest BCUT2D eigenvalue weighted by atomic mass is 10.1. The van der Waals surface area contributed by atoms with Gasteiger partial charge >= 0.3 is 5.97 Å². The number of benzene rings is 3. The lowest BCUT2D eigenvalue weighted by Crippen LogP contribution is -2.41. The maximum Gasteiger partial charge on any atom is 0.326 e. The number of para-hydroxylation sites is 1. The minimum atomic E-state index is -1.03. The molecule has 4 atom stereocenters. The Morgan fingerprint density at radius 1 is 0.643 bits per heavy atom. The van der Waals surface area contributed by atoms with E-state index in [4.69, 9.17) is 15.3 Å². The third kappa shape index (κ3) is 17.5. The molecule has 0 radical (unpaired) electrons. The van der Waals surface area contributed by atoms with Gasteiger partial charge in [0.1, 0.15) is 17.5 Å². The number of phenolic OH excluding ortho intramolecular Hbond substituents is 2. The van der Waals surface area contributed by atoms with E-state index in [9.17, 15) is 24.0 Å². The number of carbonyl (C=O) groups is 5. The summed E-state index contributed by atoms with van der Waals surface area (Å²) in [4.78, 5) is 64.1. The largest absolute Gasteiger partial charge is 0.508 e. The number of nitrogens with zero attached hydrogens (tertiary/aromatic N) is 1. The Hall–Kier alpha value is -6.64. The van der Waals surface area contributed by atoms with Crippen LogP contribution >= 0.6 is 0 Å². The van der Waals surface area contributed by atoms with E-state index < -0.39 is 12.0 Å². The summed E-state index contributed by atoms with van der Waals surface area (Å²) in [6.07, 6.45) is 6.23. The van der Waals surface area contributed by atoms with Gasteiger partial charge in [0.2, 0.25) is 23.6 Å². The van der Waals surface area contributed by atoms with Gasteiger partial charge in [-0.2, -0.15) is 0 Å². The molecule has 4 unspecified atom stereocenters. The molecule has 15 heteroatoms. The van der Waals surface area contributed by atoms with E-state index in [1.54, 1.807) is 67.3 Å². The van der Waals surface area contributed by atoms with Crippen LogP contribution in [0.5, 0.6) is 11.5 Å². The molecule has 0 saturated heterocycles. The van der Waals surface area contributed by atoms with Crippen molar-refractivity contribution >= 4 is 40.5 Å². The lowest BCUT2D eigenvalue weighted by Gasteiger charge is -2.12. The van der Waals surface area contributed by atoms with Crippen LogP contribution in [0.25, 0.3) is 10.9 Å². The fourth-order valence-electron chi connectivity index (χ4n) is 5.39. The van der Waals surface area contributed by atoms with Crippen molar-refractivity contribution in [2.45, 2.75) is 85.5 Å². The number of carbonyl (C=O) groups excluding carboxylic acids is 4. The number of carboxylic acids is 1. The van der Waals surface area contributed by atoms with Crippen molar-refractivity contribution in [2.24, 2.45) is 0 Å². The first kappa shape index (κ1) is 45.5. The van der Waals surface area contributed by atoms with E-state index in [1.807, 2.05) is 45.0 Å². The molecule has 0 fully saturated rings. The number of carboxylic acid groups (broad SMARTS) is 1. The molecule has 0 bridgehead atoms. The molecule has 3 aromatic carbocycles. The lowest BCUT2D eigenvalue weighted by molar-refractivity contribution is -0.141. The van der Waals surface area contributed by atoms with E-state index in [0.29, 0.717) is 0 Å². The highest BCUT2D eigenvalue weighted by molar-refractivity contribution is 5.86. The molecule has 5 aromatic rings. The summed E-state index contributed by atoms with van der Waals surface area (Å²) in [5.41, 5.74) is 4.84. The summed E-state index contributed by atoms with van der Waals surface area (Å²) < 4.78 is 0. The van der Waals surface area contributed by atoms with Gasteiger partial charge in [-0.25, -0.2) is 9.78 Å². The molecule has 4 amide bonds. The Kier molecular flexibility index (Phi) is 18.9. The molecule has 2 heterocycles. The van der Waals surface area contributed by atoms with E-state index in [1.165, 1.54) is 27.7 Å². The molecular formula is C41H53N7O8. The van der Waals surface area contributed by atoms with Gasteiger partial charge in [-0.15, -0.1) is 0 Å². The van der Waals surface area contributed by atoms with Gasteiger partial charge in [0.05, 0.1) is 18.4 Å². The average Bonchev–Trinajstić information content (AvgIpc) is 3.78. The van der Waals surface area contributed by atoms with Crippen LogP contribution in [0.15, 0.2) is 91.5 Å². The number of fused-ring (bicyclic) bond motifs is 1. The monoisotopic (exact) mass is 771 g/mol. The second-order valence-electron chi connectivity index (χ2n) is 13.1. The first-order valence-electron chi connectivity index (χ1n) is 17.9. The van der Waals surface area contributed by atoms with Crippen molar-refractivity contribution in [1.82, 2.24) is 36.2 Å². The Bertz CT molecular complexity index is 1910. The van der Waals surface area contributed by atoms with Crippen molar-refractivity contribution in [3.05, 3.63) is 114 Å². The van der Waals surface area contributed by atoms with Crippen LogP contribution in [0.1, 0.15) is 82.9 Å². The van der Waals surface area contributed by atoms with Gasteiger partial charge in [-0.05, 0) is 67.8 Å². The number of rotatable bonds is 11. The molecule has 15 nitrogen and oxygen atoms in total. The quantitative estimate of drug-likeness (QED) is 0.0881. The van der Waals surface area contributed by atoms with Crippen LogP contribution in [0.4, 0.5) is 0 Å². The predicted octanol–water partition coefficient (Wildman–Crippen LogP) is 4.96. The van der Waals surface area contributed by atoms with Crippen LogP contribution in [-0.4, -0.2) is 72.0 Å². The number of hydrogen-bond donors (Lipinski definition) is 9. The highest BCUT2D eigenvalue weighted by Gasteiger charge is 2.20. The van der Waals surface area contributed by atoms with Crippen LogP contribution in [0.2, 0.25) is 0 Å². The van der Waals surface area contributed by atoms with E-state index in [-0.39, 0.29) is 59.7 Å². The molecule has 0 aliphatic rings. The Balaban J connectivity index is 0.000000262. The fourth-order valence-corrected chi connectivity index (χ4v) is 5.39. The zero-order valence-electron chi connectivity index (χ0n) is 32.7. The van der Waals surface area contributed by atoms with Gasteiger partial charge in [-0.1, -0.05) is 42.5 Å². The van der Waals surface area contributed by atoms with Crippen molar-refractivity contribution in [3.8, 4) is 11.5 Å². The number of aromatic amines is 2. The molecule has 300 valence electrons. The summed E-state index contributed by atoms with van der Waals surface area (Å²) in [5.74, 6) is -1.02. The van der Waals surface area contributed by atoms with Gasteiger partial charge in [0.15, 0.2) is 0 Å². The van der Waals surface area contributed by atoms with E-state index in [2.05, 4.69) is 36.2 Å². The molecule has 0 spiro atoms. The van der Waals surface area contributed by atoms with Crippen LogP contribution in [0.3, 0.4) is 0 Å². The Morgan fingerprint density at radius 2 is 1.12 bits per heavy atom. The number of phenols is 2. The number of imidazole rings is 1. The molecule has 9 N–H and O–H groups in total. The van der Waals surface area contributed by atoms with Crippen LogP contribution in [0, 0.1) is 0 Å². The van der Waals surface area contributed by atoms with Crippen molar-refractivity contribution in [3.63, 3.8) is 0 Å². The topological polar surface area (TPSA) is 239 Å². The predicted molar refractivity (Wildman–Crippen MR) is 213 cm³/mol. The molecule has 0 saturated carbocycles. The minimum Gasteiger partial charge on any atom is -0.508 e. The highest BCUT2D eigenvalue weighted by Crippen LogP contribution is 2.20. The number of nitrogens with one attached hydrogen (secondary N) is 6. The van der Waals surface area contributed by atoms with Gasteiger partial charge in [0.25, 0.3) is 0 Å². The van der Waals surface area contributed by atoms with Crippen molar-refractivity contribution in [2.75, 3.05) is 0 Å². The maximum absolute atomic E-state index is 11.1. The zero-order chi connectivity index (χ0) is 41.8. The molecule has 2 aromatic heterocycles. The third-order valence-electron chi connectivity index (χ3n) is 7.93. The molecule has 56 heavy (non-hydrogen) atoms. The minimum absolute atomic E-state index is 0.00187. The smallest absolute Gasteiger partial charge is 0.326 e. The summed E-state index contributed by atoms with van der Waals surface area (Å²) in [6, 6.07) is 20.4. The average molecular weight is 772 g/mol. The first-order chi connectivity index (χ1) is 26.4. The van der Waals surface area contributed by atoms with E-state index in [0.717, 1.165) is 39.7 Å². The van der Waals surface area contributed by atoms with Gasteiger partial charge in [-0.3, -0.25) is 19.2 Å². The number of hydrogen-bond acceptors (Lipinski definition) is 8. The number of amides is 4. The summed E-state index contributed by atoms with van der Waals surface area (Å²) in [7, 11) is 0. The molecular weight excluding hydrogens is 718 g/mol. The standard InChI is InChI=1S/C13H14N2O3.2C10H13NO2.C8H13N3O/c1-8(16)15-12(13(17)18)6-9-7-14-11-5-3-2-4-10(9)11;2*1-7(11-8(2)12)9-3-5-10(13)6-4-9;1-6(11-7(2)12)3-8-4-9-5-10-8/h2-5,7,12,14H,6H2,1H3,(H,15,16)(H,17,18);2*3-7,13H,1-2H3,(H,11,12);4-6H,3H2,1-2H3,(H,9,10)(H,11,12). The second kappa shape index (κ2) is 23.2. The Morgan fingerprint density at radius 3 is 1.55 bits per heavy atom. The zero-order valence-corrected chi connectivity index (χ0v) is 32.7. The maximum atomic E-state index is 11.1. The van der Waals surface area contributed by atoms with Crippen molar-refractivity contribution < 1.29 is 39.3 Å². The summed E-state index contributed by atoms with van der Waals surface area (Å²) in [5, 5.41) is 38.9. The molecule has 5 rings (SSSR count). The summed E-state index contributed by atoms with van der Waals surface area (Å²) in [6.45, 7) is 11.5. The van der Waals surface area contributed by atoms with Gasteiger partial charge < -0.3 is 46.6 Å². The number of aromatic hydroxyl groups is 2. The fraction of sp³-hybridized carbons (Fsp3) is 0.317. The summed E-state index contributed by atoms with van der Waals surface area (Å²) >= 11 is 0. The Labute approximate surface area is 326 Å². The number of H-pyrrole nitrogens is 2. The highest BCUT2D eigenvalue weighted by atomic mass is 16.4. The normalized spacial score (nSPS) is 12.3. The number of aromatic nitrogens is 3. The molecule has 0 aliphatic heterocycles. The van der Waals surface area contributed by atoms with Gasteiger partial charge in [0, 0.05) is 75.6 Å².